The third kappa shape index (κ3) is 4.68. The lowest BCUT2D eigenvalue weighted by Crippen LogP contribution is -2.38. The van der Waals surface area contributed by atoms with Crippen molar-refractivity contribution in [2.75, 3.05) is 13.7 Å². The normalized spacial score (nSPS) is 25.4. The number of carbonyl (C=O) groups is 2. The van der Waals surface area contributed by atoms with Gasteiger partial charge >= 0.3 is 0 Å². The Morgan fingerprint density at radius 1 is 1.26 bits per heavy atom. The molecule has 1 fully saturated rings. The van der Waals surface area contributed by atoms with Gasteiger partial charge in [0.1, 0.15) is 18.1 Å². The number of amides is 2. The Kier molecular flexibility index (Phi) is 7.51. The van der Waals surface area contributed by atoms with Crippen LogP contribution in [0.3, 0.4) is 0 Å². The van der Waals surface area contributed by atoms with Gasteiger partial charge in [-0.15, -0.1) is 0 Å². The highest BCUT2D eigenvalue weighted by Gasteiger charge is 2.53. The van der Waals surface area contributed by atoms with Gasteiger partial charge in [0, 0.05) is 13.0 Å². The van der Waals surface area contributed by atoms with Gasteiger partial charge in [-0.05, 0) is 56.4 Å². The van der Waals surface area contributed by atoms with Crippen molar-refractivity contribution in [2.24, 2.45) is 17.8 Å². The maximum atomic E-state index is 12.6. The van der Waals surface area contributed by atoms with Crippen LogP contribution in [0.4, 0.5) is 0 Å². The fourth-order valence-corrected chi connectivity index (χ4v) is 5.10. The quantitative estimate of drug-likeness (QED) is 0.409. The Bertz CT molecular complexity index is 882. The van der Waals surface area contributed by atoms with Crippen LogP contribution in [-0.2, 0) is 16.2 Å². The molecule has 7 heteroatoms. The van der Waals surface area contributed by atoms with Crippen molar-refractivity contribution >= 4 is 17.9 Å². The van der Waals surface area contributed by atoms with Gasteiger partial charge in [-0.25, -0.2) is 0 Å². The smallest absolute Gasteiger partial charge is 0.233 e. The fourth-order valence-electron chi connectivity index (χ4n) is 5.10. The molecular formula is C24H33NO6. The van der Waals surface area contributed by atoms with Gasteiger partial charge in [0.05, 0.1) is 24.5 Å². The zero-order valence-electron chi connectivity index (χ0n) is 18.5. The summed E-state index contributed by atoms with van der Waals surface area (Å²) >= 11 is 0. The average molecular weight is 432 g/mol. The molecule has 2 aliphatic rings. The van der Waals surface area contributed by atoms with E-state index in [2.05, 4.69) is 6.92 Å². The second-order valence-corrected chi connectivity index (χ2v) is 8.67. The Morgan fingerprint density at radius 2 is 2.00 bits per heavy atom. The van der Waals surface area contributed by atoms with E-state index in [0.717, 1.165) is 28.9 Å². The molecule has 1 aromatic heterocycles. The Morgan fingerprint density at radius 3 is 2.61 bits per heavy atom. The van der Waals surface area contributed by atoms with Crippen LogP contribution < -0.4 is 0 Å². The van der Waals surface area contributed by atoms with E-state index in [1.54, 1.807) is 6.07 Å². The minimum absolute atomic E-state index is 0.149. The van der Waals surface area contributed by atoms with Crippen LogP contribution in [-0.4, -0.2) is 51.8 Å². The van der Waals surface area contributed by atoms with Crippen molar-refractivity contribution in [1.82, 2.24) is 4.90 Å². The van der Waals surface area contributed by atoms with Crippen LogP contribution in [0.2, 0.25) is 0 Å². The second kappa shape index (κ2) is 9.94. The average Bonchev–Trinajstić information content (AvgIpc) is 3.29. The molecule has 0 spiro atoms. The lowest BCUT2D eigenvalue weighted by atomic mass is 9.68. The first-order chi connectivity index (χ1) is 14.8. The van der Waals surface area contributed by atoms with Crippen LogP contribution in [0.15, 0.2) is 33.3 Å². The predicted molar refractivity (Wildman–Crippen MR) is 115 cm³/mol. The summed E-state index contributed by atoms with van der Waals surface area (Å²) in [5.74, 6) is -0.866. The van der Waals surface area contributed by atoms with E-state index < -0.39 is 23.9 Å². The Labute approximate surface area is 183 Å². The molecule has 3 N–H and O–H groups in total. The molecule has 0 radical (unpaired) electrons. The molecule has 1 aliphatic carbocycles. The van der Waals surface area contributed by atoms with E-state index in [1.165, 1.54) is 7.05 Å². The maximum Gasteiger partial charge on any atom is 0.233 e. The number of carbonyl (C=O) groups excluding carboxylic acids is 2. The number of rotatable bonds is 9. The van der Waals surface area contributed by atoms with Gasteiger partial charge < -0.3 is 19.7 Å². The topological polar surface area (TPSA) is 111 Å². The first kappa shape index (κ1) is 23.4. The summed E-state index contributed by atoms with van der Waals surface area (Å²) in [6, 6.07) is 3.55. The summed E-state index contributed by atoms with van der Waals surface area (Å²) < 4.78 is 5.56. The third-order valence-corrected chi connectivity index (χ3v) is 6.60. The van der Waals surface area contributed by atoms with E-state index >= 15 is 0 Å². The molecule has 0 aromatic carbocycles. The fraction of sp³-hybridized carbons (Fsp3) is 0.583. The highest BCUT2D eigenvalue weighted by Crippen LogP contribution is 2.45. The van der Waals surface area contributed by atoms with Gasteiger partial charge in [0.25, 0.3) is 0 Å². The lowest BCUT2D eigenvalue weighted by Gasteiger charge is -2.35. The van der Waals surface area contributed by atoms with Crippen LogP contribution in [0, 0.1) is 17.8 Å². The van der Waals surface area contributed by atoms with Gasteiger partial charge in [-0.3, -0.25) is 14.5 Å². The Hall–Kier alpha value is -2.22. The van der Waals surface area contributed by atoms with E-state index in [0.29, 0.717) is 36.4 Å². The van der Waals surface area contributed by atoms with Crippen molar-refractivity contribution in [1.29, 1.82) is 0 Å². The van der Waals surface area contributed by atoms with E-state index in [9.17, 15) is 24.9 Å². The molecule has 7 nitrogen and oxygen atoms in total. The minimum Gasteiger partial charge on any atom is -0.459 e. The number of likely N-dealkylation sites (tertiary alicyclic amines) is 1. The minimum atomic E-state index is -0.795. The second-order valence-electron chi connectivity index (χ2n) is 8.67. The van der Waals surface area contributed by atoms with E-state index in [1.807, 2.05) is 19.1 Å². The van der Waals surface area contributed by atoms with Gasteiger partial charge in [0.15, 0.2) is 0 Å². The molecule has 1 aliphatic heterocycles. The number of aliphatic hydroxyl groups is 3. The summed E-state index contributed by atoms with van der Waals surface area (Å²) in [5, 5.41) is 30.3. The molecule has 0 bridgehead atoms. The van der Waals surface area contributed by atoms with Crippen LogP contribution in [0.1, 0.15) is 57.5 Å². The summed E-state index contributed by atoms with van der Waals surface area (Å²) in [5.41, 5.74) is 2.72. The zero-order valence-corrected chi connectivity index (χ0v) is 18.5. The highest BCUT2D eigenvalue weighted by molar-refractivity contribution is 6.05. The molecule has 4 atom stereocenters. The van der Waals surface area contributed by atoms with Gasteiger partial charge in [-0.1, -0.05) is 24.5 Å². The van der Waals surface area contributed by atoms with E-state index in [-0.39, 0.29) is 25.0 Å². The third-order valence-electron chi connectivity index (χ3n) is 6.60. The van der Waals surface area contributed by atoms with Crippen molar-refractivity contribution in [2.45, 2.75) is 58.7 Å². The summed E-state index contributed by atoms with van der Waals surface area (Å²) in [4.78, 5) is 26.2. The number of imide groups is 1. The van der Waals surface area contributed by atoms with Crippen molar-refractivity contribution in [3.8, 4) is 0 Å². The van der Waals surface area contributed by atoms with Crippen molar-refractivity contribution in [3.05, 3.63) is 40.4 Å². The highest BCUT2D eigenvalue weighted by atomic mass is 16.4. The summed E-state index contributed by atoms with van der Waals surface area (Å²) in [6.07, 6.45) is 4.49. The van der Waals surface area contributed by atoms with Crippen molar-refractivity contribution in [3.63, 3.8) is 0 Å². The molecule has 2 heterocycles. The van der Waals surface area contributed by atoms with Crippen LogP contribution in [0.5, 0.6) is 0 Å². The standard InChI is InChI=1S/C24H33NO6/c1-4-5-15(11-16-7-8-17(12-26)31-16)6-9-20(28)21-14(2)10-18-22(19(21)13-27)24(30)25(3)23(18)29/h7-8,11,18-20,22,26-28H,4-6,9-10,12-13H2,1-3H3/b15-11+/t18-,19+,20-,22-/m1/s1. The molecule has 0 saturated carbocycles. The first-order valence-corrected chi connectivity index (χ1v) is 11.0. The molecule has 170 valence electrons. The summed E-state index contributed by atoms with van der Waals surface area (Å²) in [6.45, 7) is 3.55. The number of allylic oxidation sites excluding steroid dienone is 2. The van der Waals surface area contributed by atoms with Crippen molar-refractivity contribution < 1.29 is 29.3 Å². The number of hydrogen-bond donors (Lipinski definition) is 3. The first-order valence-electron chi connectivity index (χ1n) is 11.0. The number of hydrogen-bond acceptors (Lipinski definition) is 6. The van der Waals surface area contributed by atoms with Crippen LogP contribution >= 0.6 is 0 Å². The SMILES string of the molecule is CCC/C(=C\c1ccc(CO)o1)CC[C@@H](O)C1=C(C)C[C@H]2C(=O)N(C)C(=O)[C@H]2[C@H]1CO. The predicted octanol–water partition coefficient (Wildman–Crippen LogP) is 2.66. The maximum absolute atomic E-state index is 12.6. The summed E-state index contributed by atoms with van der Waals surface area (Å²) in [7, 11) is 1.49. The molecule has 1 saturated heterocycles. The molecule has 31 heavy (non-hydrogen) atoms. The van der Waals surface area contributed by atoms with Gasteiger partial charge in [-0.2, -0.15) is 0 Å². The zero-order chi connectivity index (χ0) is 22.7. The van der Waals surface area contributed by atoms with Gasteiger partial charge in [0.2, 0.25) is 11.8 Å². The largest absolute Gasteiger partial charge is 0.459 e. The monoisotopic (exact) mass is 431 g/mol. The number of nitrogens with zero attached hydrogens (tertiary/aromatic N) is 1. The number of fused-ring (bicyclic) bond motifs is 1. The van der Waals surface area contributed by atoms with E-state index in [4.69, 9.17) is 4.42 Å². The Balaban J connectivity index is 1.77. The van der Waals surface area contributed by atoms with Crippen LogP contribution in [0.25, 0.3) is 6.08 Å². The molecule has 2 amide bonds. The number of furan rings is 1. The molecule has 3 rings (SSSR count). The lowest BCUT2D eigenvalue weighted by molar-refractivity contribution is -0.138. The number of aliphatic hydroxyl groups excluding tert-OH is 3. The molecule has 1 aromatic rings. The molecular weight excluding hydrogens is 398 g/mol. The molecule has 0 unspecified atom stereocenters.